The van der Waals surface area contributed by atoms with Crippen molar-refractivity contribution in [3.63, 3.8) is 0 Å². The minimum Gasteiger partial charge on any atom is -0.480 e. The molecule has 108 valence electrons. The first-order chi connectivity index (χ1) is 9.11. The third kappa shape index (κ3) is 3.37. The molecule has 0 spiro atoms. The summed E-state index contributed by atoms with van der Waals surface area (Å²) in [5, 5.41) is 11.9. The molecule has 2 saturated heterocycles. The number of rotatable bonds is 4. The van der Waals surface area contributed by atoms with Gasteiger partial charge in [-0.1, -0.05) is 6.92 Å². The highest BCUT2D eigenvalue weighted by Gasteiger charge is 2.34. The third-order valence-electron chi connectivity index (χ3n) is 4.16. The van der Waals surface area contributed by atoms with Crippen LogP contribution in [-0.4, -0.2) is 65.7 Å². The van der Waals surface area contributed by atoms with Crippen molar-refractivity contribution in [2.24, 2.45) is 5.92 Å². The Bertz CT molecular complexity index is 348. The van der Waals surface area contributed by atoms with E-state index in [1.54, 1.807) is 0 Å². The van der Waals surface area contributed by atoms with E-state index in [-0.39, 0.29) is 6.03 Å². The van der Waals surface area contributed by atoms with Crippen LogP contribution in [0.5, 0.6) is 0 Å². The van der Waals surface area contributed by atoms with Gasteiger partial charge in [0.25, 0.3) is 0 Å². The molecule has 2 amide bonds. The lowest BCUT2D eigenvalue weighted by atomic mass is 10.1. The Morgan fingerprint density at radius 3 is 2.74 bits per heavy atom. The van der Waals surface area contributed by atoms with Crippen LogP contribution in [0.3, 0.4) is 0 Å². The highest BCUT2D eigenvalue weighted by atomic mass is 16.4. The summed E-state index contributed by atoms with van der Waals surface area (Å²) in [6.45, 7) is 6.52. The van der Waals surface area contributed by atoms with Gasteiger partial charge in [-0.15, -0.1) is 0 Å². The van der Waals surface area contributed by atoms with Crippen molar-refractivity contribution < 1.29 is 14.7 Å². The van der Waals surface area contributed by atoms with Crippen molar-refractivity contribution in [3.8, 4) is 0 Å². The first-order valence-corrected chi connectivity index (χ1v) is 7.11. The number of nitrogens with one attached hydrogen (secondary N) is 1. The fourth-order valence-electron chi connectivity index (χ4n) is 2.97. The van der Waals surface area contributed by atoms with Crippen molar-refractivity contribution >= 4 is 12.0 Å². The highest BCUT2D eigenvalue weighted by molar-refractivity contribution is 5.83. The molecule has 2 N–H and O–H groups in total. The number of carbonyl (C=O) groups is 2. The zero-order valence-corrected chi connectivity index (χ0v) is 11.5. The lowest BCUT2D eigenvalue weighted by Crippen LogP contribution is -2.47. The Morgan fingerprint density at radius 1 is 1.32 bits per heavy atom. The van der Waals surface area contributed by atoms with Crippen molar-refractivity contribution in [1.29, 1.82) is 0 Å². The topological polar surface area (TPSA) is 72.9 Å². The fourth-order valence-corrected chi connectivity index (χ4v) is 2.97. The average Bonchev–Trinajstić information content (AvgIpc) is 3.04. The van der Waals surface area contributed by atoms with E-state index in [2.05, 4.69) is 17.1 Å². The summed E-state index contributed by atoms with van der Waals surface area (Å²) in [6.07, 6.45) is 2.45. The minimum atomic E-state index is -0.898. The van der Waals surface area contributed by atoms with Crippen LogP contribution < -0.4 is 5.32 Å². The van der Waals surface area contributed by atoms with Gasteiger partial charge in [0.1, 0.15) is 6.04 Å². The molecule has 2 fully saturated rings. The van der Waals surface area contributed by atoms with Crippen LogP contribution in [0.4, 0.5) is 4.79 Å². The van der Waals surface area contributed by atoms with E-state index in [1.165, 1.54) is 4.90 Å². The number of likely N-dealkylation sites (tertiary alicyclic amines) is 2. The number of amides is 2. The standard InChI is InChI=1S/C13H23N3O3/c1-2-15-7-5-10(9-15)8-14-13(19)16-6-3-4-11(16)12(17)18/h10-11H,2-9H2,1H3,(H,14,19)(H,17,18). The summed E-state index contributed by atoms with van der Waals surface area (Å²) in [6, 6.07) is -0.865. The fraction of sp³-hybridized carbons (Fsp3) is 0.846. The largest absolute Gasteiger partial charge is 0.480 e. The van der Waals surface area contributed by atoms with Gasteiger partial charge >= 0.3 is 12.0 Å². The number of nitrogens with zero attached hydrogens (tertiary/aromatic N) is 2. The summed E-state index contributed by atoms with van der Waals surface area (Å²) < 4.78 is 0. The quantitative estimate of drug-likeness (QED) is 0.783. The molecule has 2 atom stereocenters. The number of carbonyl (C=O) groups excluding carboxylic acids is 1. The van der Waals surface area contributed by atoms with Gasteiger partial charge in [-0.2, -0.15) is 0 Å². The molecule has 6 nitrogen and oxygen atoms in total. The van der Waals surface area contributed by atoms with Crippen molar-refractivity contribution in [2.45, 2.75) is 32.2 Å². The zero-order valence-electron chi connectivity index (χ0n) is 11.5. The summed E-state index contributed by atoms with van der Waals surface area (Å²) in [5.74, 6) is -0.402. The maximum Gasteiger partial charge on any atom is 0.326 e. The Balaban J connectivity index is 1.77. The molecule has 6 heteroatoms. The van der Waals surface area contributed by atoms with Gasteiger partial charge in [0.15, 0.2) is 0 Å². The molecule has 2 aliphatic heterocycles. The lowest BCUT2D eigenvalue weighted by Gasteiger charge is -2.23. The van der Waals surface area contributed by atoms with Gasteiger partial charge in [0.2, 0.25) is 0 Å². The van der Waals surface area contributed by atoms with E-state index < -0.39 is 12.0 Å². The lowest BCUT2D eigenvalue weighted by molar-refractivity contribution is -0.141. The maximum atomic E-state index is 12.0. The van der Waals surface area contributed by atoms with Crippen molar-refractivity contribution in [1.82, 2.24) is 15.1 Å². The first kappa shape index (κ1) is 14.1. The molecular weight excluding hydrogens is 246 g/mol. The van der Waals surface area contributed by atoms with E-state index in [0.717, 1.165) is 32.5 Å². The second kappa shape index (κ2) is 6.23. The second-order valence-electron chi connectivity index (χ2n) is 5.42. The molecule has 0 radical (unpaired) electrons. The molecule has 0 aromatic heterocycles. The number of hydrogen-bond acceptors (Lipinski definition) is 3. The molecule has 2 aliphatic rings. The molecule has 0 aromatic rings. The van der Waals surface area contributed by atoms with Crippen LogP contribution in [0.25, 0.3) is 0 Å². The van der Waals surface area contributed by atoms with E-state index >= 15 is 0 Å². The van der Waals surface area contributed by atoms with E-state index in [9.17, 15) is 9.59 Å². The normalized spacial score (nSPS) is 27.7. The molecule has 2 rings (SSSR count). The Kier molecular flexibility index (Phi) is 4.63. The molecule has 0 bridgehead atoms. The van der Waals surface area contributed by atoms with Gasteiger partial charge in [-0.05, 0) is 38.3 Å². The third-order valence-corrected chi connectivity index (χ3v) is 4.16. The summed E-state index contributed by atoms with van der Waals surface area (Å²) in [7, 11) is 0. The van der Waals surface area contributed by atoms with Crippen molar-refractivity contribution in [2.75, 3.05) is 32.7 Å². The smallest absolute Gasteiger partial charge is 0.326 e. The SMILES string of the molecule is CCN1CCC(CNC(=O)N2CCCC2C(=O)O)C1. The van der Waals surface area contributed by atoms with Crippen LogP contribution >= 0.6 is 0 Å². The highest BCUT2D eigenvalue weighted by Crippen LogP contribution is 2.18. The zero-order chi connectivity index (χ0) is 13.8. The molecule has 19 heavy (non-hydrogen) atoms. The van der Waals surface area contributed by atoms with E-state index in [1.807, 2.05) is 0 Å². The molecule has 2 unspecified atom stereocenters. The predicted molar refractivity (Wildman–Crippen MR) is 71.0 cm³/mol. The van der Waals surface area contributed by atoms with E-state index in [4.69, 9.17) is 5.11 Å². The summed E-state index contributed by atoms with van der Waals surface area (Å²) in [5.41, 5.74) is 0. The van der Waals surface area contributed by atoms with Crippen LogP contribution in [-0.2, 0) is 4.79 Å². The Labute approximate surface area is 113 Å². The van der Waals surface area contributed by atoms with Crippen molar-refractivity contribution in [3.05, 3.63) is 0 Å². The second-order valence-corrected chi connectivity index (χ2v) is 5.42. The van der Waals surface area contributed by atoms with Gasteiger partial charge in [0.05, 0.1) is 0 Å². The van der Waals surface area contributed by atoms with Gasteiger partial charge < -0.3 is 20.2 Å². The number of carboxylic acid groups (broad SMARTS) is 1. The Morgan fingerprint density at radius 2 is 2.11 bits per heavy atom. The maximum absolute atomic E-state index is 12.0. The van der Waals surface area contributed by atoms with Gasteiger partial charge in [0, 0.05) is 19.6 Å². The molecule has 2 heterocycles. The average molecular weight is 269 g/mol. The number of hydrogen-bond donors (Lipinski definition) is 2. The van der Waals surface area contributed by atoms with E-state index in [0.29, 0.717) is 25.4 Å². The number of aliphatic carboxylic acids is 1. The molecule has 0 aromatic carbocycles. The van der Waals surface area contributed by atoms with Crippen LogP contribution in [0.1, 0.15) is 26.2 Å². The van der Waals surface area contributed by atoms with Gasteiger partial charge in [-0.25, -0.2) is 9.59 Å². The van der Waals surface area contributed by atoms with Crippen LogP contribution in [0.15, 0.2) is 0 Å². The van der Waals surface area contributed by atoms with Crippen LogP contribution in [0.2, 0.25) is 0 Å². The predicted octanol–water partition coefficient (Wildman–Crippen LogP) is 0.587. The minimum absolute atomic E-state index is 0.222. The Hall–Kier alpha value is -1.30. The molecular formula is C13H23N3O3. The first-order valence-electron chi connectivity index (χ1n) is 7.11. The summed E-state index contributed by atoms with van der Waals surface area (Å²) >= 11 is 0. The molecule has 0 saturated carbocycles. The molecule has 0 aliphatic carbocycles. The number of urea groups is 1. The van der Waals surface area contributed by atoms with Gasteiger partial charge in [-0.3, -0.25) is 0 Å². The number of carboxylic acids is 1. The van der Waals surface area contributed by atoms with Crippen LogP contribution in [0, 0.1) is 5.92 Å². The monoisotopic (exact) mass is 269 g/mol. The summed E-state index contributed by atoms with van der Waals surface area (Å²) in [4.78, 5) is 26.9.